The summed E-state index contributed by atoms with van der Waals surface area (Å²) in [7, 11) is 0. The van der Waals surface area contributed by atoms with E-state index in [-0.39, 0.29) is 11.8 Å². The number of nitrogens with one attached hydrogen (secondary N) is 1. The molecule has 1 fully saturated rings. The second kappa shape index (κ2) is 6.91. The molecule has 0 spiro atoms. The summed E-state index contributed by atoms with van der Waals surface area (Å²) in [6, 6.07) is 8.09. The normalized spacial score (nSPS) is 18.3. The van der Waals surface area contributed by atoms with Crippen molar-refractivity contribution in [2.24, 2.45) is 0 Å². The summed E-state index contributed by atoms with van der Waals surface area (Å²) >= 11 is 0. The maximum absolute atomic E-state index is 12.1. The maximum Gasteiger partial charge on any atom is 0.234 e. The Morgan fingerprint density at radius 2 is 2.22 bits per heavy atom. The summed E-state index contributed by atoms with van der Waals surface area (Å²) in [4.78, 5) is 18.6. The van der Waals surface area contributed by atoms with Gasteiger partial charge in [0.05, 0.1) is 12.5 Å². The molecule has 0 bridgehead atoms. The van der Waals surface area contributed by atoms with Gasteiger partial charge >= 0.3 is 0 Å². The molecule has 0 saturated carbocycles. The number of nitrogens with zero attached hydrogens (tertiary/aromatic N) is 3. The lowest BCUT2D eigenvalue weighted by atomic mass is 10.1. The Labute approximate surface area is 135 Å². The van der Waals surface area contributed by atoms with Crippen molar-refractivity contribution in [3.05, 3.63) is 47.1 Å². The van der Waals surface area contributed by atoms with Crippen LogP contribution in [0.5, 0.6) is 0 Å². The van der Waals surface area contributed by atoms with Crippen LogP contribution < -0.4 is 5.32 Å². The molecule has 6 nitrogen and oxygen atoms in total. The predicted molar refractivity (Wildman–Crippen MR) is 85.9 cm³/mol. The molecule has 1 aliphatic rings. The average molecular weight is 314 g/mol. The molecular weight excluding hydrogens is 292 g/mol. The van der Waals surface area contributed by atoms with Gasteiger partial charge in [0.25, 0.3) is 0 Å². The maximum atomic E-state index is 12.1. The van der Waals surface area contributed by atoms with Gasteiger partial charge in [0, 0.05) is 13.1 Å². The number of hydrogen-bond donors (Lipinski definition) is 1. The first kappa shape index (κ1) is 15.7. The van der Waals surface area contributed by atoms with E-state index in [2.05, 4.69) is 33.3 Å². The third-order valence-electron chi connectivity index (χ3n) is 4.27. The summed E-state index contributed by atoms with van der Waals surface area (Å²) in [6.07, 6.45) is 0.951. The minimum atomic E-state index is 0.0515. The van der Waals surface area contributed by atoms with Crippen LogP contribution in [0.4, 0.5) is 0 Å². The van der Waals surface area contributed by atoms with Crippen molar-refractivity contribution < 1.29 is 9.32 Å². The van der Waals surface area contributed by atoms with Gasteiger partial charge < -0.3 is 9.84 Å². The highest BCUT2D eigenvalue weighted by Crippen LogP contribution is 2.25. The molecular formula is C17H22N4O2. The first-order chi connectivity index (χ1) is 11.1. The van der Waals surface area contributed by atoms with Crippen LogP contribution in [0.25, 0.3) is 0 Å². The Hall–Kier alpha value is -2.21. The highest BCUT2D eigenvalue weighted by atomic mass is 16.5. The highest BCUT2D eigenvalue weighted by Gasteiger charge is 2.28. The largest absolute Gasteiger partial charge is 0.351 e. The first-order valence-electron chi connectivity index (χ1n) is 7.95. The van der Waals surface area contributed by atoms with Crippen molar-refractivity contribution in [1.29, 1.82) is 0 Å². The van der Waals surface area contributed by atoms with Crippen molar-refractivity contribution in [3.63, 3.8) is 0 Å². The first-order valence-corrected chi connectivity index (χ1v) is 7.95. The van der Waals surface area contributed by atoms with Gasteiger partial charge in [-0.15, -0.1) is 0 Å². The molecule has 1 N–H and O–H groups in total. The lowest BCUT2D eigenvalue weighted by Gasteiger charge is -2.15. The van der Waals surface area contributed by atoms with Crippen molar-refractivity contribution in [2.75, 3.05) is 19.6 Å². The molecule has 1 aliphatic heterocycles. The number of hydrogen-bond acceptors (Lipinski definition) is 5. The molecule has 3 rings (SSSR count). The van der Waals surface area contributed by atoms with Crippen molar-refractivity contribution in [3.8, 4) is 0 Å². The van der Waals surface area contributed by atoms with Gasteiger partial charge in [-0.05, 0) is 37.9 Å². The topological polar surface area (TPSA) is 71.3 Å². The van der Waals surface area contributed by atoms with Crippen molar-refractivity contribution in [1.82, 2.24) is 20.4 Å². The van der Waals surface area contributed by atoms with Gasteiger partial charge in [-0.3, -0.25) is 9.69 Å². The fourth-order valence-corrected chi connectivity index (χ4v) is 2.92. The molecule has 0 radical (unpaired) electrons. The van der Waals surface area contributed by atoms with Gasteiger partial charge in [-0.25, -0.2) is 0 Å². The zero-order valence-corrected chi connectivity index (χ0v) is 13.6. The van der Waals surface area contributed by atoms with Gasteiger partial charge in [-0.2, -0.15) is 4.98 Å². The third kappa shape index (κ3) is 3.96. The van der Waals surface area contributed by atoms with Crippen LogP contribution in [0, 0.1) is 13.8 Å². The molecule has 122 valence electrons. The quantitative estimate of drug-likeness (QED) is 0.911. The van der Waals surface area contributed by atoms with E-state index in [0.717, 1.165) is 25.1 Å². The van der Waals surface area contributed by atoms with Crippen LogP contribution in [-0.4, -0.2) is 40.6 Å². The lowest BCUT2D eigenvalue weighted by molar-refractivity contribution is -0.122. The Morgan fingerprint density at radius 3 is 2.96 bits per heavy atom. The molecule has 1 saturated heterocycles. The molecule has 0 aliphatic carbocycles. The van der Waals surface area contributed by atoms with Gasteiger partial charge in [-0.1, -0.05) is 29.4 Å². The fraction of sp³-hybridized carbons (Fsp3) is 0.471. The van der Waals surface area contributed by atoms with E-state index in [1.165, 1.54) is 5.56 Å². The number of carbonyl (C=O) groups is 1. The molecule has 2 heterocycles. The number of aromatic nitrogens is 2. The number of benzene rings is 1. The number of amides is 1. The van der Waals surface area contributed by atoms with E-state index in [4.69, 9.17) is 4.52 Å². The van der Waals surface area contributed by atoms with Crippen LogP contribution in [0.2, 0.25) is 0 Å². The van der Waals surface area contributed by atoms with Gasteiger partial charge in [0.2, 0.25) is 11.8 Å². The van der Waals surface area contributed by atoms with Crippen molar-refractivity contribution >= 4 is 5.91 Å². The number of rotatable bonds is 5. The Balaban J connectivity index is 1.46. The molecule has 1 atom stereocenters. The summed E-state index contributed by atoms with van der Waals surface area (Å²) in [5, 5.41) is 6.83. The van der Waals surface area contributed by atoms with Crippen LogP contribution >= 0.6 is 0 Å². The van der Waals surface area contributed by atoms with Gasteiger partial charge in [0.1, 0.15) is 0 Å². The van der Waals surface area contributed by atoms with E-state index in [0.29, 0.717) is 24.8 Å². The summed E-state index contributed by atoms with van der Waals surface area (Å²) in [5.41, 5.74) is 2.35. The summed E-state index contributed by atoms with van der Waals surface area (Å²) in [5.74, 6) is 1.63. The van der Waals surface area contributed by atoms with E-state index in [9.17, 15) is 4.79 Å². The molecule has 2 aromatic rings. The Bertz CT molecular complexity index is 683. The minimum absolute atomic E-state index is 0.0515. The molecule has 1 aromatic heterocycles. The smallest absolute Gasteiger partial charge is 0.234 e. The van der Waals surface area contributed by atoms with Crippen LogP contribution in [0.15, 0.2) is 28.8 Å². The molecule has 1 amide bonds. The predicted octanol–water partition coefficient (Wildman–Crippen LogP) is 1.79. The highest BCUT2D eigenvalue weighted by molar-refractivity contribution is 5.78. The molecule has 1 aromatic carbocycles. The zero-order chi connectivity index (χ0) is 16.2. The van der Waals surface area contributed by atoms with E-state index in [1.54, 1.807) is 0 Å². The summed E-state index contributed by atoms with van der Waals surface area (Å²) < 4.78 is 5.23. The lowest BCUT2D eigenvalue weighted by Crippen LogP contribution is -2.35. The average Bonchev–Trinajstić information content (AvgIpc) is 3.15. The zero-order valence-electron chi connectivity index (χ0n) is 13.6. The van der Waals surface area contributed by atoms with Crippen LogP contribution in [-0.2, 0) is 11.3 Å². The minimum Gasteiger partial charge on any atom is -0.351 e. The van der Waals surface area contributed by atoms with E-state index < -0.39 is 0 Å². The molecule has 0 unspecified atom stereocenters. The standard InChI is InChI=1S/C17H22N4O2/c1-12-5-3-4-6-14(12)9-18-16(22)11-21-8-7-15(10-21)17-19-13(2)20-23-17/h3-6,15H,7-11H2,1-2H3,(H,18,22)/t15-/m0/s1. The van der Waals surface area contributed by atoms with Crippen LogP contribution in [0.1, 0.15) is 35.2 Å². The monoisotopic (exact) mass is 314 g/mol. The van der Waals surface area contributed by atoms with E-state index >= 15 is 0 Å². The second-order valence-electron chi connectivity index (χ2n) is 6.10. The fourth-order valence-electron chi connectivity index (χ4n) is 2.92. The van der Waals surface area contributed by atoms with Gasteiger partial charge in [0.15, 0.2) is 5.82 Å². The molecule has 23 heavy (non-hydrogen) atoms. The van der Waals surface area contributed by atoms with Crippen LogP contribution in [0.3, 0.4) is 0 Å². The Kier molecular flexibility index (Phi) is 4.71. The van der Waals surface area contributed by atoms with Crippen molar-refractivity contribution in [2.45, 2.75) is 32.7 Å². The third-order valence-corrected chi connectivity index (χ3v) is 4.27. The second-order valence-corrected chi connectivity index (χ2v) is 6.10. The SMILES string of the molecule is Cc1noc([C@H]2CCN(CC(=O)NCc3ccccc3C)C2)n1. The number of aryl methyl sites for hydroxylation is 2. The number of carbonyl (C=O) groups excluding carboxylic acids is 1. The summed E-state index contributed by atoms with van der Waals surface area (Å²) in [6.45, 7) is 6.53. The Morgan fingerprint density at radius 1 is 1.39 bits per heavy atom. The molecule has 6 heteroatoms. The number of likely N-dealkylation sites (tertiary alicyclic amines) is 1. The van der Waals surface area contributed by atoms with E-state index in [1.807, 2.05) is 25.1 Å².